The molecule has 0 aromatic carbocycles. The van der Waals surface area contributed by atoms with Gasteiger partial charge in [-0.1, -0.05) is 13.3 Å². The minimum Gasteiger partial charge on any atom is -0.460 e. The van der Waals surface area contributed by atoms with Gasteiger partial charge in [0.05, 0.1) is 10.7 Å². The third kappa shape index (κ3) is 2.47. The standard InChI is InChI=1S/C13H18BrNO2/c1-2-4-13(5-7-15-8-6-13)12(16)11-10(14)3-9-17-11/h3,9,15H,2,4-8H2,1H3. The molecule has 17 heavy (non-hydrogen) atoms. The van der Waals surface area contributed by atoms with Gasteiger partial charge in [-0.15, -0.1) is 0 Å². The zero-order valence-electron chi connectivity index (χ0n) is 10.1. The van der Waals surface area contributed by atoms with Crippen molar-refractivity contribution >= 4 is 21.7 Å². The number of hydrogen-bond acceptors (Lipinski definition) is 3. The quantitative estimate of drug-likeness (QED) is 0.867. The second-order valence-corrected chi connectivity index (χ2v) is 5.56. The number of Topliss-reactive ketones (excluding diaryl/α,β-unsaturated/α-hetero) is 1. The molecule has 0 radical (unpaired) electrons. The van der Waals surface area contributed by atoms with Gasteiger partial charge in [0.15, 0.2) is 5.76 Å². The Kier molecular flexibility index (Phi) is 4.05. The van der Waals surface area contributed by atoms with Crippen LogP contribution in [0.15, 0.2) is 21.2 Å². The zero-order chi connectivity index (χ0) is 12.3. The molecule has 1 saturated heterocycles. The second kappa shape index (κ2) is 5.36. The van der Waals surface area contributed by atoms with Crippen LogP contribution in [0.25, 0.3) is 0 Å². The van der Waals surface area contributed by atoms with Crippen LogP contribution in [0, 0.1) is 5.41 Å². The van der Waals surface area contributed by atoms with E-state index in [0.717, 1.165) is 43.2 Å². The summed E-state index contributed by atoms with van der Waals surface area (Å²) in [5.41, 5.74) is -0.222. The van der Waals surface area contributed by atoms with Crippen LogP contribution >= 0.6 is 15.9 Å². The Morgan fingerprint density at radius 1 is 1.53 bits per heavy atom. The Morgan fingerprint density at radius 3 is 2.76 bits per heavy atom. The van der Waals surface area contributed by atoms with E-state index in [4.69, 9.17) is 4.42 Å². The number of ketones is 1. The fourth-order valence-electron chi connectivity index (χ4n) is 2.67. The Hall–Kier alpha value is -0.610. The third-order valence-electron chi connectivity index (χ3n) is 3.59. The lowest BCUT2D eigenvalue weighted by Crippen LogP contribution is -2.42. The van der Waals surface area contributed by atoms with Crippen molar-refractivity contribution in [3.8, 4) is 0 Å². The molecule has 94 valence electrons. The number of furan rings is 1. The van der Waals surface area contributed by atoms with Crippen molar-refractivity contribution in [3.63, 3.8) is 0 Å². The molecule has 0 spiro atoms. The summed E-state index contributed by atoms with van der Waals surface area (Å²) < 4.78 is 6.11. The largest absolute Gasteiger partial charge is 0.460 e. The van der Waals surface area contributed by atoms with E-state index >= 15 is 0 Å². The van der Waals surface area contributed by atoms with E-state index in [1.54, 1.807) is 12.3 Å². The van der Waals surface area contributed by atoms with Crippen molar-refractivity contribution in [2.75, 3.05) is 13.1 Å². The van der Waals surface area contributed by atoms with Crippen LogP contribution in [0.4, 0.5) is 0 Å². The summed E-state index contributed by atoms with van der Waals surface area (Å²) in [5, 5.41) is 3.32. The van der Waals surface area contributed by atoms with Crippen molar-refractivity contribution in [1.29, 1.82) is 0 Å². The number of rotatable bonds is 4. The molecule has 1 aromatic heterocycles. The maximum Gasteiger partial charge on any atom is 0.205 e. The molecule has 1 aliphatic rings. The molecule has 2 heterocycles. The van der Waals surface area contributed by atoms with Crippen LogP contribution < -0.4 is 5.32 Å². The predicted octanol–water partition coefficient (Wildman–Crippen LogP) is 3.39. The maximum absolute atomic E-state index is 12.6. The van der Waals surface area contributed by atoms with Gasteiger partial charge in [-0.05, 0) is 54.3 Å². The molecule has 0 aliphatic carbocycles. The number of nitrogens with one attached hydrogen (secondary N) is 1. The fraction of sp³-hybridized carbons (Fsp3) is 0.615. The molecule has 1 N–H and O–H groups in total. The van der Waals surface area contributed by atoms with E-state index in [1.807, 2.05) is 0 Å². The van der Waals surface area contributed by atoms with Crippen molar-refractivity contribution in [3.05, 3.63) is 22.6 Å². The number of carbonyl (C=O) groups excluding carboxylic acids is 1. The van der Waals surface area contributed by atoms with Crippen molar-refractivity contribution < 1.29 is 9.21 Å². The van der Waals surface area contributed by atoms with Crippen molar-refractivity contribution in [1.82, 2.24) is 5.32 Å². The highest BCUT2D eigenvalue weighted by molar-refractivity contribution is 9.10. The third-order valence-corrected chi connectivity index (χ3v) is 4.22. The van der Waals surface area contributed by atoms with Crippen LogP contribution in [0.1, 0.15) is 43.2 Å². The van der Waals surface area contributed by atoms with E-state index < -0.39 is 0 Å². The average Bonchev–Trinajstić information content (AvgIpc) is 2.76. The molecular weight excluding hydrogens is 282 g/mol. The minimum atomic E-state index is -0.222. The lowest BCUT2D eigenvalue weighted by atomic mass is 9.71. The van der Waals surface area contributed by atoms with E-state index in [0.29, 0.717) is 5.76 Å². The predicted molar refractivity (Wildman–Crippen MR) is 70.2 cm³/mol. The Balaban J connectivity index is 2.27. The molecule has 1 aromatic rings. The molecule has 3 nitrogen and oxygen atoms in total. The summed E-state index contributed by atoms with van der Waals surface area (Å²) in [6.45, 7) is 3.97. The van der Waals surface area contributed by atoms with Gasteiger partial charge in [0.1, 0.15) is 0 Å². The monoisotopic (exact) mass is 299 g/mol. The van der Waals surface area contributed by atoms with Crippen LogP contribution in [0.5, 0.6) is 0 Å². The zero-order valence-corrected chi connectivity index (χ0v) is 11.7. The highest BCUT2D eigenvalue weighted by Gasteiger charge is 2.41. The van der Waals surface area contributed by atoms with Crippen LogP contribution in [0.3, 0.4) is 0 Å². The molecule has 2 rings (SSSR count). The molecule has 0 amide bonds. The van der Waals surface area contributed by atoms with E-state index in [-0.39, 0.29) is 11.2 Å². The molecular formula is C13H18BrNO2. The molecule has 1 fully saturated rings. The van der Waals surface area contributed by atoms with Gasteiger partial charge in [0.2, 0.25) is 5.78 Å². The lowest BCUT2D eigenvalue weighted by molar-refractivity contribution is 0.0672. The summed E-state index contributed by atoms with van der Waals surface area (Å²) in [7, 11) is 0. The highest BCUT2D eigenvalue weighted by Crippen LogP contribution is 2.39. The Bertz CT molecular complexity index is 388. The summed E-state index contributed by atoms with van der Waals surface area (Å²) in [4.78, 5) is 12.6. The summed E-state index contributed by atoms with van der Waals surface area (Å²) >= 11 is 3.38. The van der Waals surface area contributed by atoms with E-state index in [1.165, 1.54) is 0 Å². The molecule has 0 atom stereocenters. The summed E-state index contributed by atoms with van der Waals surface area (Å²) in [6.07, 6.45) is 5.36. The van der Waals surface area contributed by atoms with Gasteiger partial charge in [-0.3, -0.25) is 4.79 Å². The molecule has 4 heteroatoms. The first-order chi connectivity index (χ1) is 8.19. The topological polar surface area (TPSA) is 42.2 Å². The number of hydrogen-bond donors (Lipinski definition) is 1. The Labute approximate surface area is 110 Å². The van der Waals surface area contributed by atoms with E-state index in [9.17, 15) is 4.79 Å². The molecule has 0 bridgehead atoms. The molecule has 0 unspecified atom stereocenters. The van der Waals surface area contributed by atoms with Crippen molar-refractivity contribution in [2.24, 2.45) is 5.41 Å². The van der Waals surface area contributed by atoms with Gasteiger partial charge in [-0.25, -0.2) is 0 Å². The van der Waals surface area contributed by atoms with Crippen molar-refractivity contribution in [2.45, 2.75) is 32.6 Å². The second-order valence-electron chi connectivity index (χ2n) is 4.71. The first-order valence-corrected chi connectivity index (χ1v) is 6.97. The van der Waals surface area contributed by atoms with Gasteiger partial charge in [0, 0.05) is 5.41 Å². The number of piperidine rings is 1. The number of carbonyl (C=O) groups is 1. The highest BCUT2D eigenvalue weighted by atomic mass is 79.9. The maximum atomic E-state index is 12.6. The van der Waals surface area contributed by atoms with Gasteiger partial charge < -0.3 is 9.73 Å². The minimum absolute atomic E-state index is 0.165. The smallest absolute Gasteiger partial charge is 0.205 e. The van der Waals surface area contributed by atoms with Crippen LogP contribution in [0.2, 0.25) is 0 Å². The normalized spacial score (nSPS) is 19.2. The number of halogens is 1. The van der Waals surface area contributed by atoms with Gasteiger partial charge >= 0.3 is 0 Å². The first-order valence-electron chi connectivity index (χ1n) is 6.18. The van der Waals surface area contributed by atoms with Gasteiger partial charge in [0.25, 0.3) is 0 Å². The molecule has 1 aliphatic heterocycles. The first kappa shape index (κ1) is 12.8. The Morgan fingerprint density at radius 2 is 2.24 bits per heavy atom. The average molecular weight is 300 g/mol. The molecule has 0 saturated carbocycles. The fourth-order valence-corrected chi connectivity index (χ4v) is 3.05. The van der Waals surface area contributed by atoms with E-state index in [2.05, 4.69) is 28.2 Å². The van der Waals surface area contributed by atoms with Crippen LogP contribution in [-0.4, -0.2) is 18.9 Å². The SMILES string of the molecule is CCCC1(C(=O)c2occc2Br)CCNCC1. The van der Waals surface area contributed by atoms with Gasteiger partial charge in [-0.2, -0.15) is 0 Å². The summed E-state index contributed by atoms with van der Waals surface area (Å²) in [6, 6.07) is 1.79. The van der Waals surface area contributed by atoms with Crippen LogP contribution in [-0.2, 0) is 0 Å². The lowest BCUT2D eigenvalue weighted by Gasteiger charge is -2.35. The summed E-state index contributed by atoms with van der Waals surface area (Å²) in [5.74, 6) is 0.651.